The van der Waals surface area contributed by atoms with E-state index in [0.29, 0.717) is 26.1 Å². The second kappa shape index (κ2) is 8.86. The zero-order valence-electron chi connectivity index (χ0n) is 15.8. The van der Waals surface area contributed by atoms with Gasteiger partial charge in [-0.25, -0.2) is 4.39 Å². The molecule has 1 amide bonds. The van der Waals surface area contributed by atoms with Crippen molar-refractivity contribution in [2.45, 2.75) is 13.0 Å². The predicted octanol–water partition coefficient (Wildman–Crippen LogP) is 2.73. The van der Waals surface area contributed by atoms with Gasteiger partial charge in [-0.1, -0.05) is 18.2 Å². The number of ether oxygens (including phenoxy) is 2. The third-order valence-corrected chi connectivity index (χ3v) is 4.86. The third kappa shape index (κ3) is 4.98. The van der Waals surface area contributed by atoms with Crippen molar-refractivity contribution in [2.24, 2.45) is 0 Å². The Bertz CT molecular complexity index is 771. The first-order valence-corrected chi connectivity index (χ1v) is 9.04. The fraction of sp³-hybridized carbons (Fsp3) is 0.381. The number of carbonyl (C=O) groups excluding carboxylic acids is 1. The van der Waals surface area contributed by atoms with Gasteiger partial charge < -0.3 is 14.4 Å². The maximum atomic E-state index is 13.8. The number of halogens is 1. The minimum atomic E-state index is -0.344. The van der Waals surface area contributed by atoms with Crippen LogP contribution in [0.4, 0.5) is 4.39 Å². The summed E-state index contributed by atoms with van der Waals surface area (Å²) >= 11 is 0. The molecule has 1 saturated heterocycles. The molecule has 144 valence electrons. The van der Waals surface area contributed by atoms with Crippen LogP contribution in [0.15, 0.2) is 42.5 Å². The summed E-state index contributed by atoms with van der Waals surface area (Å²) in [6.45, 7) is 3.60. The van der Waals surface area contributed by atoms with Gasteiger partial charge in [0.05, 0.1) is 20.6 Å². The highest BCUT2D eigenvalue weighted by atomic mass is 19.1. The van der Waals surface area contributed by atoms with E-state index >= 15 is 0 Å². The first-order valence-electron chi connectivity index (χ1n) is 9.04. The van der Waals surface area contributed by atoms with Crippen molar-refractivity contribution in [3.8, 4) is 11.5 Å². The van der Waals surface area contributed by atoms with Crippen LogP contribution in [0.1, 0.15) is 11.1 Å². The number of amides is 1. The van der Waals surface area contributed by atoms with Gasteiger partial charge in [-0.2, -0.15) is 0 Å². The second-order valence-corrected chi connectivity index (χ2v) is 6.65. The lowest BCUT2D eigenvalue weighted by Gasteiger charge is -2.35. The van der Waals surface area contributed by atoms with E-state index in [1.165, 1.54) is 13.2 Å². The van der Waals surface area contributed by atoms with Crippen molar-refractivity contribution in [3.63, 3.8) is 0 Å². The van der Waals surface area contributed by atoms with E-state index in [0.717, 1.165) is 30.0 Å². The Kier molecular flexibility index (Phi) is 6.29. The molecule has 0 saturated carbocycles. The molecule has 6 heteroatoms. The van der Waals surface area contributed by atoms with Crippen LogP contribution in [-0.4, -0.2) is 56.1 Å². The lowest BCUT2D eigenvalue weighted by molar-refractivity contribution is -0.132. The molecule has 0 radical (unpaired) electrons. The number of piperazine rings is 1. The summed E-state index contributed by atoms with van der Waals surface area (Å²) in [5, 5.41) is 0. The van der Waals surface area contributed by atoms with Crippen LogP contribution in [0.3, 0.4) is 0 Å². The normalized spacial score (nSPS) is 14.9. The van der Waals surface area contributed by atoms with E-state index in [-0.39, 0.29) is 17.5 Å². The average molecular weight is 372 g/mol. The van der Waals surface area contributed by atoms with Crippen molar-refractivity contribution in [1.29, 1.82) is 0 Å². The summed E-state index contributed by atoms with van der Waals surface area (Å²) in [6, 6.07) is 12.6. The first-order chi connectivity index (χ1) is 13.1. The molecule has 0 aromatic heterocycles. The van der Waals surface area contributed by atoms with Crippen LogP contribution in [-0.2, 0) is 17.8 Å². The Hall–Kier alpha value is -2.60. The van der Waals surface area contributed by atoms with Crippen LogP contribution in [0.2, 0.25) is 0 Å². The monoisotopic (exact) mass is 372 g/mol. The molecule has 1 heterocycles. The third-order valence-electron chi connectivity index (χ3n) is 4.86. The molecule has 0 unspecified atom stereocenters. The van der Waals surface area contributed by atoms with Gasteiger partial charge >= 0.3 is 0 Å². The Balaban J connectivity index is 1.49. The topological polar surface area (TPSA) is 42.0 Å². The van der Waals surface area contributed by atoms with Crippen LogP contribution >= 0.6 is 0 Å². The highest BCUT2D eigenvalue weighted by Crippen LogP contribution is 2.19. The van der Waals surface area contributed by atoms with Gasteiger partial charge in [0.1, 0.15) is 5.75 Å². The van der Waals surface area contributed by atoms with Gasteiger partial charge in [-0.05, 0) is 35.4 Å². The molecule has 2 aromatic carbocycles. The standard InChI is InChI=1S/C21H25FN2O3/c1-26-18-6-3-16(4-7-18)14-21(25)24-11-9-23(10-12-24)15-17-5-8-20(27-2)19(22)13-17/h3-8,13H,9-12,14-15H2,1-2H3. The van der Waals surface area contributed by atoms with Crippen LogP contribution in [0, 0.1) is 5.82 Å². The Morgan fingerprint density at radius 1 is 0.963 bits per heavy atom. The van der Waals surface area contributed by atoms with Gasteiger partial charge in [-0.15, -0.1) is 0 Å². The largest absolute Gasteiger partial charge is 0.497 e. The molecule has 0 N–H and O–H groups in total. The quantitative estimate of drug-likeness (QED) is 0.782. The second-order valence-electron chi connectivity index (χ2n) is 6.65. The zero-order valence-corrected chi connectivity index (χ0v) is 15.8. The molecule has 1 aliphatic heterocycles. The maximum Gasteiger partial charge on any atom is 0.227 e. The first kappa shape index (κ1) is 19.2. The minimum absolute atomic E-state index is 0.135. The average Bonchev–Trinajstić information content (AvgIpc) is 2.69. The molecule has 3 rings (SSSR count). The lowest BCUT2D eigenvalue weighted by atomic mass is 10.1. The Labute approximate surface area is 159 Å². The molecule has 5 nitrogen and oxygen atoms in total. The minimum Gasteiger partial charge on any atom is -0.497 e. The zero-order chi connectivity index (χ0) is 19.2. The summed E-state index contributed by atoms with van der Waals surface area (Å²) < 4.78 is 23.9. The highest BCUT2D eigenvalue weighted by molar-refractivity contribution is 5.79. The van der Waals surface area contributed by atoms with E-state index < -0.39 is 0 Å². The Morgan fingerprint density at radius 2 is 1.63 bits per heavy atom. The lowest BCUT2D eigenvalue weighted by Crippen LogP contribution is -2.48. The van der Waals surface area contributed by atoms with Crippen molar-refractivity contribution in [3.05, 3.63) is 59.4 Å². The molecule has 0 atom stereocenters. The number of rotatable bonds is 6. The number of hydrogen-bond acceptors (Lipinski definition) is 4. The van der Waals surface area contributed by atoms with Crippen molar-refractivity contribution >= 4 is 5.91 Å². The molecule has 2 aromatic rings. The van der Waals surface area contributed by atoms with Gasteiger partial charge in [0.25, 0.3) is 0 Å². The molecular formula is C21H25FN2O3. The van der Waals surface area contributed by atoms with Gasteiger partial charge in [-0.3, -0.25) is 9.69 Å². The molecule has 27 heavy (non-hydrogen) atoms. The van der Waals surface area contributed by atoms with E-state index in [4.69, 9.17) is 9.47 Å². The van der Waals surface area contributed by atoms with E-state index in [9.17, 15) is 9.18 Å². The van der Waals surface area contributed by atoms with Crippen molar-refractivity contribution in [2.75, 3.05) is 40.4 Å². The van der Waals surface area contributed by atoms with E-state index in [2.05, 4.69) is 4.90 Å². The SMILES string of the molecule is COc1ccc(CC(=O)N2CCN(Cc3ccc(OC)c(F)c3)CC2)cc1. The van der Waals surface area contributed by atoms with Crippen LogP contribution in [0.25, 0.3) is 0 Å². The number of carbonyl (C=O) groups is 1. The predicted molar refractivity (Wildman–Crippen MR) is 102 cm³/mol. The molecule has 0 bridgehead atoms. The van der Waals surface area contributed by atoms with Crippen LogP contribution < -0.4 is 9.47 Å². The van der Waals surface area contributed by atoms with Gasteiger partial charge in [0.2, 0.25) is 5.91 Å². The molecule has 0 spiro atoms. The summed E-state index contributed by atoms with van der Waals surface area (Å²) in [5.74, 6) is 0.834. The number of nitrogens with zero attached hydrogens (tertiary/aromatic N) is 2. The van der Waals surface area contributed by atoms with E-state index in [1.54, 1.807) is 13.2 Å². The summed E-state index contributed by atoms with van der Waals surface area (Å²) in [7, 11) is 3.08. The summed E-state index contributed by atoms with van der Waals surface area (Å²) in [6.07, 6.45) is 0.397. The molecule has 1 aliphatic rings. The maximum absolute atomic E-state index is 13.8. The fourth-order valence-electron chi connectivity index (χ4n) is 3.25. The summed E-state index contributed by atoms with van der Waals surface area (Å²) in [5.41, 5.74) is 1.89. The molecule has 0 aliphatic carbocycles. The van der Waals surface area contributed by atoms with Gasteiger partial charge in [0.15, 0.2) is 11.6 Å². The number of methoxy groups -OCH3 is 2. The summed E-state index contributed by atoms with van der Waals surface area (Å²) in [4.78, 5) is 16.6. The molecular weight excluding hydrogens is 347 g/mol. The smallest absolute Gasteiger partial charge is 0.227 e. The fourth-order valence-corrected chi connectivity index (χ4v) is 3.25. The number of hydrogen-bond donors (Lipinski definition) is 0. The van der Waals surface area contributed by atoms with E-state index in [1.807, 2.05) is 35.2 Å². The highest BCUT2D eigenvalue weighted by Gasteiger charge is 2.21. The molecule has 1 fully saturated rings. The van der Waals surface area contributed by atoms with Gasteiger partial charge in [0, 0.05) is 32.7 Å². The number of benzene rings is 2. The van der Waals surface area contributed by atoms with Crippen molar-refractivity contribution < 1.29 is 18.7 Å². The van der Waals surface area contributed by atoms with Crippen LogP contribution in [0.5, 0.6) is 11.5 Å². The van der Waals surface area contributed by atoms with Crippen molar-refractivity contribution in [1.82, 2.24) is 9.80 Å². The Morgan fingerprint density at radius 3 is 2.22 bits per heavy atom.